The zero-order chi connectivity index (χ0) is 15.4. The van der Waals surface area contributed by atoms with E-state index in [4.69, 9.17) is 4.74 Å². The van der Waals surface area contributed by atoms with Crippen LogP contribution in [0.15, 0.2) is 22.7 Å². The molecule has 1 aromatic carbocycles. The molecule has 5 nitrogen and oxygen atoms in total. The van der Waals surface area contributed by atoms with E-state index in [1.54, 1.807) is 18.2 Å². The Morgan fingerprint density at radius 3 is 2.62 bits per heavy atom. The number of esters is 1. The fraction of sp³-hybridized carbons (Fsp3) is 0.467. The van der Waals surface area contributed by atoms with Crippen LogP contribution >= 0.6 is 15.9 Å². The van der Waals surface area contributed by atoms with Crippen molar-refractivity contribution in [1.29, 1.82) is 0 Å². The highest BCUT2D eigenvalue weighted by atomic mass is 79.9. The first-order valence-electron chi connectivity index (χ1n) is 6.87. The Balaban J connectivity index is 1.96. The van der Waals surface area contributed by atoms with Crippen LogP contribution in [0.5, 0.6) is 5.75 Å². The third-order valence-electron chi connectivity index (χ3n) is 3.35. The first kappa shape index (κ1) is 15.8. The normalized spacial score (nSPS) is 13.7. The lowest BCUT2D eigenvalue weighted by atomic mass is 10.2. The first-order chi connectivity index (χ1) is 10.1. The molecule has 0 atom stereocenters. The largest absolute Gasteiger partial charge is 0.483 e. The van der Waals surface area contributed by atoms with E-state index in [1.807, 2.05) is 11.8 Å². The first-order valence-corrected chi connectivity index (χ1v) is 7.66. The summed E-state index contributed by atoms with van der Waals surface area (Å²) in [6.45, 7) is 2.67. The molecule has 1 amide bonds. The van der Waals surface area contributed by atoms with Crippen LogP contribution < -0.4 is 4.74 Å². The SMILES string of the molecule is CCN(C(=O)COc1ccc(C(=O)OC)cc1Br)C1CC1. The van der Waals surface area contributed by atoms with E-state index in [2.05, 4.69) is 20.7 Å². The van der Waals surface area contributed by atoms with Crippen LogP contribution in [-0.2, 0) is 9.53 Å². The minimum Gasteiger partial charge on any atom is -0.483 e. The molecule has 0 saturated heterocycles. The van der Waals surface area contributed by atoms with Crippen LogP contribution in [0.1, 0.15) is 30.1 Å². The van der Waals surface area contributed by atoms with Gasteiger partial charge in [0.2, 0.25) is 0 Å². The van der Waals surface area contributed by atoms with E-state index < -0.39 is 5.97 Å². The minimum atomic E-state index is -0.413. The van der Waals surface area contributed by atoms with Gasteiger partial charge in [-0.05, 0) is 53.9 Å². The number of hydrogen-bond donors (Lipinski definition) is 0. The van der Waals surface area contributed by atoms with Crippen LogP contribution in [0.4, 0.5) is 0 Å². The summed E-state index contributed by atoms with van der Waals surface area (Å²) in [6.07, 6.45) is 2.16. The second-order valence-electron chi connectivity index (χ2n) is 4.84. The molecule has 6 heteroatoms. The Labute approximate surface area is 132 Å². The molecule has 0 unspecified atom stereocenters. The van der Waals surface area contributed by atoms with Gasteiger partial charge in [-0.3, -0.25) is 4.79 Å². The Kier molecular flexibility index (Phi) is 5.22. The van der Waals surface area contributed by atoms with Crippen LogP contribution in [0.25, 0.3) is 0 Å². The van der Waals surface area contributed by atoms with Gasteiger partial charge in [-0.1, -0.05) is 0 Å². The third-order valence-corrected chi connectivity index (χ3v) is 3.97. The molecule has 1 aromatic rings. The summed E-state index contributed by atoms with van der Waals surface area (Å²) in [5, 5.41) is 0. The second-order valence-corrected chi connectivity index (χ2v) is 5.69. The van der Waals surface area contributed by atoms with Gasteiger partial charge in [0.1, 0.15) is 5.75 Å². The Morgan fingerprint density at radius 2 is 2.10 bits per heavy atom. The second kappa shape index (κ2) is 6.93. The number of carbonyl (C=O) groups is 2. The van der Waals surface area contributed by atoms with Crippen molar-refractivity contribution in [2.75, 3.05) is 20.3 Å². The number of amides is 1. The van der Waals surface area contributed by atoms with E-state index in [9.17, 15) is 9.59 Å². The fourth-order valence-electron chi connectivity index (χ4n) is 2.11. The number of nitrogens with zero attached hydrogens (tertiary/aromatic N) is 1. The van der Waals surface area contributed by atoms with E-state index >= 15 is 0 Å². The molecule has 0 bridgehead atoms. The number of rotatable bonds is 6. The van der Waals surface area contributed by atoms with Crippen LogP contribution in [-0.4, -0.2) is 43.1 Å². The lowest BCUT2D eigenvalue weighted by Crippen LogP contribution is -2.36. The third kappa shape index (κ3) is 3.97. The summed E-state index contributed by atoms with van der Waals surface area (Å²) < 4.78 is 10.8. The molecule has 21 heavy (non-hydrogen) atoms. The van der Waals surface area contributed by atoms with Crippen molar-refractivity contribution in [3.05, 3.63) is 28.2 Å². The van der Waals surface area contributed by atoms with Gasteiger partial charge < -0.3 is 14.4 Å². The minimum absolute atomic E-state index is 0.000507. The van der Waals surface area contributed by atoms with Gasteiger partial charge >= 0.3 is 5.97 Å². The zero-order valence-electron chi connectivity index (χ0n) is 12.1. The summed E-state index contributed by atoms with van der Waals surface area (Å²) >= 11 is 3.33. The van der Waals surface area contributed by atoms with E-state index in [1.165, 1.54) is 7.11 Å². The molecule has 1 saturated carbocycles. The van der Waals surface area contributed by atoms with E-state index in [0.717, 1.165) is 12.8 Å². The molecule has 0 spiro atoms. The van der Waals surface area contributed by atoms with E-state index in [-0.39, 0.29) is 12.5 Å². The average molecular weight is 356 g/mol. The number of benzene rings is 1. The molecule has 1 aliphatic carbocycles. The van der Waals surface area contributed by atoms with Crippen molar-refractivity contribution in [1.82, 2.24) is 4.90 Å². The van der Waals surface area contributed by atoms with Crippen molar-refractivity contribution in [2.45, 2.75) is 25.8 Å². The Hall–Kier alpha value is -1.56. The summed E-state index contributed by atoms with van der Waals surface area (Å²) in [7, 11) is 1.33. The average Bonchev–Trinajstić information content (AvgIpc) is 3.30. The molecule has 0 aliphatic heterocycles. The molecule has 0 aromatic heterocycles. The molecule has 0 heterocycles. The smallest absolute Gasteiger partial charge is 0.337 e. The summed E-state index contributed by atoms with van der Waals surface area (Å²) in [5.74, 6) is 0.107. The quantitative estimate of drug-likeness (QED) is 0.736. The van der Waals surface area contributed by atoms with Gasteiger partial charge in [-0.25, -0.2) is 4.79 Å². The van der Waals surface area contributed by atoms with Gasteiger partial charge in [0.25, 0.3) is 5.91 Å². The van der Waals surface area contributed by atoms with Crippen molar-refractivity contribution in [3.63, 3.8) is 0 Å². The predicted octanol–water partition coefficient (Wildman–Crippen LogP) is 2.63. The standard InChI is InChI=1S/C15H18BrNO4/c1-3-17(11-5-6-11)14(18)9-21-13-7-4-10(8-12(13)16)15(19)20-2/h4,7-8,11H,3,5-6,9H2,1-2H3. The maximum absolute atomic E-state index is 12.1. The molecular formula is C15H18BrNO4. The van der Waals surface area contributed by atoms with Crippen molar-refractivity contribution in [3.8, 4) is 5.75 Å². The molecule has 0 N–H and O–H groups in total. The monoisotopic (exact) mass is 355 g/mol. The number of carbonyl (C=O) groups excluding carboxylic acids is 2. The topological polar surface area (TPSA) is 55.8 Å². The summed E-state index contributed by atoms with van der Waals surface area (Å²) in [4.78, 5) is 25.3. The lowest BCUT2D eigenvalue weighted by Gasteiger charge is -2.20. The molecular weight excluding hydrogens is 338 g/mol. The van der Waals surface area contributed by atoms with E-state index in [0.29, 0.717) is 28.4 Å². The predicted molar refractivity (Wildman–Crippen MR) is 81.4 cm³/mol. The summed E-state index contributed by atoms with van der Waals surface area (Å²) in [5.41, 5.74) is 0.427. The maximum atomic E-state index is 12.1. The van der Waals surface area contributed by atoms with Gasteiger partial charge in [-0.15, -0.1) is 0 Å². The number of methoxy groups -OCH3 is 1. The number of ether oxygens (including phenoxy) is 2. The Morgan fingerprint density at radius 1 is 1.38 bits per heavy atom. The van der Waals surface area contributed by atoms with Crippen molar-refractivity contribution < 1.29 is 19.1 Å². The highest BCUT2D eigenvalue weighted by molar-refractivity contribution is 9.10. The summed E-state index contributed by atoms with van der Waals surface area (Å²) in [6, 6.07) is 5.26. The molecule has 114 valence electrons. The zero-order valence-corrected chi connectivity index (χ0v) is 13.7. The van der Waals surface area contributed by atoms with Crippen LogP contribution in [0, 0.1) is 0 Å². The van der Waals surface area contributed by atoms with Gasteiger partial charge in [0.05, 0.1) is 17.1 Å². The van der Waals surface area contributed by atoms with Gasteiger partial charge in [0, 0.05) is 12.6 Å². The highest BCUT2D eigenvalue weighted by Gasteiger charge is 2.31. The molecule has 0 radical (unpaired) electrons. The van der Waals surface area contributed by atoms with Crippen LogP contribution in [0.3, 0.4) is 0 Å². The Bertz CT molecular complexity index is 542. The lowest BCUT2D eigenvalue weighted by molar-refractivity contribution is -0.133. The number of likely N-dealkylation sites (N-methyl/N-ethyl adjacent to an activating group) is 1. The van der Waals surface area contributed by atoms with Crippen molar-refractivity contribution >= 4 is 27.8 Å². The van der Waals surface area contributed by atoms with Gasteiger partial charge in [-0.2, -0.15) is 0 Å². The number of halogens is 1. The maximum Gasteiger partial charge on any atom is 0.337 e. The van der Waals surface area contributed by atoms with Crippen molar-refractivity contribution in [2.24, 2.45) is 0 Å². The number of hydrogen-bond acceptors (Lipinski definition) is 4. The highest BCUT2D eigenvalue weighted by Crippen LogP contribution is 2.28. The molecule has 1 fully saturated rings. The van der Waals surface area contributed by atoms with Crippen LogP contribution in [0.2, 0.25) is 0 Å². The molecule has 1 aliphatic rings. The van der Waals surface area contributed by atoms with Gasteiger partial charge in [0.15, 0.2) is 6.61 Å². The fourth-order valence-corrected chi connectivity index (χ4v) is 2.60. The molecule has 2 rings (SSSR count).